The fourth-order valence-corrected chi connectivity index (χ4v) is 3.02. The Bertz CT molecular complexity index is 699. The van der Waals surface area contributed by atoms with E-state index in [1.165, 1.54) is 0 Å². The maximum Gasteiger partial charge on any atom is 0.326 e. The molecule has 1 saturated heterocycles. The van der Waals surface area contributed by atoms with Crippen molar-refractivity contribution in [2.24, 2.45) is 0 Å². The molecule has 1 N–H and O–H groups in total. The molecule has 0 bridgehead atoms. The topological polar surface area (TPSA) is 62.7 Å². The molecule has 1 aromatic carbocycles. The highest BCUT2D eigenvalue weighted by Gasteiger charge is 2.31. The molecule has 2 heterocycles. The summed E-state index contributed by atoms with van der Waals surface area (Å²) in [6.45, 7) is 4.72. The van der Waals surface area contributed by atoms with Crippen LogP contribution >= 0.6 is 0 Å². The fraction of sp³-hybridized carbons (Fsp3) is 0.412. The molecule has 0 amide bonds. The smallest absolute Gasteiger partial charge is 0.326 e. The number of hydrogen-bond donors (Lipinski definition) is 1. The molecule has 1 atom stereocenters. The Morgan fingerprint density at radius 3 is 2.95 bits per heavy atom. The van der Waals surface area contributed by atoms with Gasteiger partial charge in [0.25, 0.3) is 0 Å². The Hall–Kier alpha value is -2.30. The number of ether oxygens (including phenoxy) is 1. The molecule has 1 fully saturated rings. The summed E-state index contributed by atoms with van der Waals surface area (Å²) in [7, 11) is 0. The number of anilines is 1. The summed E-state index contributed by atoms with van der Waals surface area (Å²) in [5, 5.41) is 10.3. The average molecular weight is 300 g/mol. The number of hydrogen-bond acceptors (Lipinski definition) is 4. The van der Waals surface area contributed by atoms with Gasteiger partial charge < -0.3 is 14.7 Å². The van der Waals surface area contributed by atoms with Crippen LogP contribution in [0.5, 0.6) is 5.75 Å². The van der Waals surface area contributed by atoms with Crippen molar-refractivity contribution < 1.29 is 14.6 Å². The van der Waals surface area contributed by atoms with Crippen molar-refractivity contribution in [3.63, 3.8) is 0 Å². The number of aliphatic carboxylic acids is 1. The summed E-state index contributed by atoms with van der Waals surface area (Å²) >= 11 is 0. The van der Waals surface area contributed by atoms with Crippen molar-refractivity contribution >= 4 is 22.6 Å². The SMILES string of the molecule is CC(C)Oc1ccc2nccc(N3CCCC3C(=O)O)c2c1. The Kier molecular flexibility index (Phi) is 3.88. The van der Waals surface area contributed by atoms with Crippen LogP contribution in [0.25, 0.3) is 10.9 Å². The van der Waals surface area contributed by atoms with Crippen molar-refractivity contribution in [1.82, 2.24) is 4.98 Å². The van der Waals surface area contributed by atoms with Crippen molar-refractivity contribution in [2.45, 2.75) is 38.8 Å². The predicted octanol–water partition coefficient (Wildman–Crippen LogP) is 3.08. The Morgan fingerprint density at radius 1 is 1.41 bits per heavy atom. The number of rotatable bonds is 4. The molecule has 0 radical (unpaired) electrons. The lowest BCUT2D eigenvalue weighted by Gasteiger charge is -2.25. The lowest BCUT2D eigenvalue weighted by Crippen LogP contribution is -2.36. The van der Waals surface area contributed by atoms with E-state index in [1.54, 1.807) is 6.20 Å². The molecule has 1 aliphatic heterocycles. The van der Waals surface area contributed by atoms with Gasteiger partial charge in [-0.3, -0.25) is 4.98 Å². The Balaban J connectivity index is 2.06. The van der Waals surface area contributed by atoms with Crippen LogP contribution in [-0.4, -0.2) is 34.8 Å². The molecule has 116 valence electrons. The van der Waals surface area contributed by atoms with Gasteiger partial charge in [-0.2, -0.15) is 0 Å². The van der Waals surface area contributed by atoms with E-state index in [4.69, 9.17) is 4.74 Å². The molecule has 0 saturated carbocycles. The van der Waals surface area contributed by atoms with Crippen molar-refractivity contribution in [2.75, 3.05) is 11.4 Å². The summed E-state index contributed by atoms with van der Waals surface area (Å²) in [5.41, 5.74) is 1.77. The third-order valence-electron chi connectivity index (χ3n) is 3.91. The van der Waals surface area contributed by atoms with Gasteiger partial charge in [-0.25, -0.2) is 4.79 Å². The lowest BCUT2D eigenvalue weighted by molar-refractivity contribution is -0.138. The van der Waals surface area contributed by atoms with Crippen LogP contribution in [-0.2, 0) is 4.79 Å². The van der Waals surface area contributed by atoms with Gasteiger partial charge in [0.1, 0.15) is 11.8 Å². The van der Waals surface area contributed by atoms with Gasteiger partial charge in [-0.1, -0.05) is 0 Å². The van der Waals surface area contributed by atoms with Gasteiger partial charge in [-0.05, 0) is 51.0 Å². The molecular weight excluding hydrogens is 280 g/mol. The van der Waals surface area contributed by atoms with Gasteiger partial charge >= 0.3 is 5.97 Å². The third-order valence-corrected chi connectivity index (χ3v) is 3.91. The molecule has 1 aliphatic rings. The maximum absolute atomic E-state index is 11.5. The highest BCUT2D eigenvalue weighted by Crippen LogP contribution is 2.33. The van der Waals surface area contributed by atoms with Crippen LogP contribution in [0.3, 0.4) is 0 Å². The standard InChI is InChI=1S/C17H20N2O3/c1-11(2)22-12-5-6-14-13(10-12)15(7-8-18-14)19-9-3-4-16(19)17(20)21/h5-8,10-11,16H,3-4,9H2,1-2H3,(H,20,21). The van der Waals surface area contributed by atoms with E-state index < -0.39 is 12.0 Å². The largest absolute Gasteiger partial charge is 0.491 e. The molecule has 2 aromatic rings. The van der Waals surface area contributed by atoms with Gasteiger partial charge in [-0.15, -0.1) is 0 Å². The maximum atomic E-state index is 11.5. The van der Waals surface area contributed by atoms with E-state index in [-0.39, 0.29) is 6.10 Å². The number of aromatic nitrogens is 1. The zero-order valence-corrected chi connectivity index (χ0v) is 12.8. The van der Waals surface area contributed by atoms with Crippen molar-refractivity contribution in [1.29, 1.82) is 0 Å². The van der Waals surface area contributed by atoms with Gasteiger partial charge in [0.2, 0.25) is 0 Å². The second-order valence-corrected chi connectivity index (χ2v) is 5.87. The fourth-order valence-electron chi connectivity index (χ4n) is 3.02. The van der Waals surface area contributed by atoms with Crippen LogP contribution in [0.1, 0.15) is 26.7 Å². The van der Waals surface area contributed by atoms with Crippen LogP contribution in [0.2, 0.25) is 0 Å². The molecule has 1 aromatic heterocycles. The molecule has 1 unspecified atom stereocenters. The lowest BCUT2D eigenvalue weighted by atomic mass is 10.1. The monoisotopic (exact) mass is 300 g/mol. The number of carboxylic acid groups (broad SMARTS) is 1. The number of pyridine rings is 1. The minimum Gasteiger partial charge on any atom is -0.491 e. The van der Waals surface area contributed by atoms with E-state index in [0.29, 0.717) is 6.42 Å². The number of fused-ring (bicyclic) bond motifs is 1. The minimum atomic E-state index is -0.767. The summed E-state index contributed by atoms with van der Waals surface area (Å²) in [6.07, 6.45) is 3.40. The molecule has 0 aliphatic carbocycles. The predicted molar refractivity (Wildman–Crippen MR) is 85.5 cm³/mol. The second kappa shape index (κ2) is 5.83. The first kappa shape index (κ1) is 14.6. The number of carboxylic acids is 1. The van der Waals surface area contributed by atoms with Crippen molar-refractivity contribution in [3.8, 4) is 5.75 Å². The van der Waals surface area contributed by atoms with E-state index in [1.807, 2.05) is 43.0 Å². The zero-order chi connectivity index (χ0) is 15.7. The minimum absolute atomic E-state index is 0.0936. The molecule has 5 heteroatoms. The first-order chi connectivity index (χ1) is 10.6. The molecule has 0 spiro atoms. The quantitative estimate of drug-likeness (QED) is 0.940. The van der Waals surface area contributed by atoms with Crippen LogP contribution < -0.4 is 9.64 Å². The number of benzene rings is 1. The highest BCUT2D eigenvalue weighted by atomic mass is 16.5. The normalized spacial score (nSPS) is 18.1. The van der Waals surface area contributed by atoms with Gasteiger partial charge in [0.05, 0.1) is 11.6 Å². The Labute approximate surface area is 129 Å². The number of carbonyl (C=O) groups is 1. The van der Waals surface area contributed by atoms with Gasteiger partial charge in [0, 0.05) is 23.8 Å². The second-order valence-electron chi connectivity index (χ2n) is 5.87. The van der Waals surface area contributed by atoms with E-state index in [0.717, 1.165) is 35.3 Å². The summed E-state index contributed by atoms with van der Waals surface area (Å²) < 4.78 is 5.75. The highest BCUT2D eigenvalue weighted by molar-refractivity contribution is 5.94. The molecule has 5 nitrogen and oxygen atoms in total. The average Bonchev–Trinajstić information content (AvgIpc) is 2.95. The van der Waals surface area contributed by atoms with E-state index in [9.17, 15) is 9.90 Å². The number of nitrogens with zero attached hydrogens (tertiary/aromatic N) is 2. The van der Waals surface area contributed by atoms with E-state index >= 15 is 0 Å². The van der Waals surface area contributed by atoms with E-state index in [2.05, 4.69) is 4.98 Å². The summed E-state index contributed by atoms with van der Waals surface area (Å²) in [4.78, 5) is 17.8. The molecular formula is C17H20N2O3. The van der Waals surface area contributed by atoms with Crippen LogP contribution in [0, 0.1) is 0 Å². The third kappa shape index (κ3) is 2.71. The Morgan fingerprint density at radius 2 is 2.23 bits per heavy atom. The first-order valence-electron chi connectivity index (χ1n) is 7.61. The summed E-state index contributed by atoms with van der Waals surface area (Å²) in [6, 6.07) is 7.21. The zero-order valence-electron chi connectivity index (χ0n) is 12.8. The van der Waals surface area contributed by atoms with Crippen LogP contribution in [0.4, 0.5) is 5.69 Å². The van der Waals surface area contributed by atoms with Gasteiger partial charge in [0.15, 0.2) is 0 Å². The molecule has 22 heavy (non-hydrogen) atoms. The first-order valence-corrected chi connectivity index (χ1v) is 7.61. The van der Waals surface area contributed by atoms with Crippen molar-refractivity contribution in [3.05, 3.63) is 30.5 Å². The summed E-state index contributed by atoms with van der Waals surface area (Å²) in [5.74, 6) is 0.0138. The van der Waals surface area contributed by atoms with Crippen LogP contribution in [0.15, 0.2) is 30.5 Å². The molecule has 3 rings (SSSR count).